The molecule has 1 unspecified atom stereocenters. The molecule has 0 aromatic heterocycles. The van der Waals surface area contributed by atoms with Crippen molar-refractivity contribution in [3.05, 3.63) is 71.3 Å². The summed E-state index contributed by atoms with van der Waals surface area (Å²) in [5.41, 5.74) is 4.36. The molecule has 0 aliphatic carbocycles. The lowest BCUT2D eigenvalue weighted by atomic mass is 9.84. The summed E-state index contributed by atoms with van der Waals surface area (Å²) < 4.78 is 0. The molecule has 130 valence electrons. The molecule has 0 heterocycles. The molecule has 3 aromatic carbocycles. The van der Waals surface area contributed by atoms with E-state index in [1.54, 1.807) is 0 Å². The molecule has 0 radical (unpaired) electrons. The molecule has 25 heavy (non-hydrogen) atoms. The van der Waals surface area contributed by atoms with Gasteiger partial charge in [0.15, 0.2) is 0 Å². The molecule has 0 spiro atoms. The lowest BCUT2D eigenvalue weighted by Crippen LogP contribution is -1.99. The smallest absolute Gasteiger partial charge is 0.0111 e. The monoisotopic (exact) mass is 330 g/mol. The molecule has 3 aromatic rings. The third kappa shape index (κ3) is 3.63. The number of benzene rings is 3. The maximum absolute atomic E-state index is 2.40. The fourth-order valence-corrected chi connectivity index (χ4v) is 3.89. The zero-order chi connectivity index (χ0) is 17.8. The van der Waals surface area contributed by atoms with Gasteiger partial charge in [0.05, 0.1) is 0 Å². The number of unbranched alkanes of at least 4 members (excludes halogenated alkanes) is 1. The summed E-state index contributed by atoms with van der Waals surface area (Å²) in [6.45, 7) is 9.15. The van der Waals surface area contributed by atoms with Gasteiger partial charge in [-0.15, -0.1) is 0 Å². The molecule has 0 saturated carbocycles. The van der Waals surface area contributed by atoms with Crippen LogP contribution < -0.4 is 0 Å². The Morgan fingerprint density at radius 1 is 0.920 bits per heavy atom. The first-order valence-electron chi connectivity index (χ1n) is 9.70. The molecule has 0 nitrogen and oxygen atoms in total. The Morgan fingerprint density at radius 2 is 1.68 bits per heavy atom. The lowest BCUT2D eigenvalue weighted by molar-refractivity contribution is 0.698. The SMILES string of the molecule is CCC/C=C\CCC(C)c1c2ccccc2cc2ccc(C)c(C)c12. The fourth-order valence-electron chi connectivity index (χ4n) is 3.89. The van der Waals surface area contributed by atoms with E-state index in [4.69, 9.17) is 0 Å². The largest absolute Gasteiger partial charge is 0.0885 e. The van der Waals surface area contributed by atoms with Gasteiger partial charge in [-0.25, -0.2) is 0 Å². The lowest BCUT2D eigenvalue weighted by Gasteiger charge is -2.20. The summed E-state index contributed by atoms with van der Waals surface area (Å²) in [5, 5.41) is 5.64. The van der Waals surface area contributed by atoms with Crippen molar-refractivity contribution in [1.82, 2.24) is 0 Å². The molecular formula is C25H30. The molecule has 0 amide bonds. The predicted molar refractivity (Wildman–Crippen MR) is 113 cm³/mol. The minimum absolute atomic E-state index is 0.556. The van der Waals surface area contributed by atoms with Gasteiger partial charge in [-0.05, 0) is 83.3 Å². The molecule has 1 atom stereocenters. The van der Waals surface area contributed by atoms with Crippen LogP contribution in [0, 0.1) is 13.8 Å². The van der Waals surface area contributed by atoms with Gasteiger partial charge in [-0.2, -0.15) is 0 Å². The number of fused-ring (bicyclic) bond motifs is 2. The van der Waals surface area contributed by atoms with Crippen molar-refractivity contribution in [2.24, 2.45) is 0 Å². The minimum atomic E-state index is 0.556. The van der Waals surface area contributed by atoms with Gasteiger partial charge in [0.2, 0.25) is 0 Å². The third-order valence-electron chi connectivity index (χ3n) is 5.48. The molecule has 0 bridgehead atoms. The molecule has 3 rings (SSSR count). The average Bonchev–Trinajstić information content (AvgIpc) is 2.63. The maximum Gasteiger partial charge on any atom is -0.0111 e. The number of aryl methyl sites for hydroxylation is 2. The van der Waals surface area contributed by atoms with Gasteiger partial charge in [0.1, 0.15) is 0 Å². The molecule has 0 heteroatoms. The standard InChI is InChI=1S/C25H30/c1-5-6-7-8-9-12-19(3)24-23-14-11-10-13-21(23)17-22-16-15-18(2)20(4)25(22)24/h7-8,10-11,13-17,19H,5-6,9,12H2,1-4H3/b8-7-. The van der Waals surface area contributed by atoms with Crippen molar-refractivity contribution in [2.45, 2.75) is 59.3 Å². The normalized spacial score (nSPS) is 13.1. The summed E-state index contributed by atoms with van der Waals surface area (Å²) in [6.07, 6.45) is 9.50. The van der Waals surface area contributed by atoms with Crippen molar-refractivity contribution < 1.29 is 0 Å². The fraction of sp³-hybridized carbons (Fsp3) is 0.360. The van der Waals surface area contributed by atoms with Crippen LogP contribution in [0.4, 0.5) is 0 Å². The second-order valence-electron chi connectivity index (χ2n) is 7.36. The van der Waals surface area contributed by atoms with E-state index in [2.05, 4.69) is 82.3 Å². The Morgan fingerprint density at radius 3 is 2.48 bits per heavy atom. The van der Waals surface area contributed by atoms with Gasteiger partial charge >= 0.3 is 0 Å². The van der Waals surface area contributed by atoms with E-state index < -0.39 is 0 Å². The van der Waals surface area contributed by atoms with E-state index in [1.807, 2.05) is 0 Å². The summed E-state index contributed by atoms with van der Waals surface area (Å²) in [5.74, 6) is 0.556. The van der Waals surface area contributed by atoms with Gasteiger partial charge in [-0.3, -0.25) is 0 Å². The van der Waals surface area contributed by atoms with Crippen LogP contribution >= 0.6 is 0 Å². The first-order chi connectivity index (χ1) is 12.1. The van der Waals surface area contributed by atoms with Crippen LogP contribution in [-0.4, -0.2) is 0 Å². The van der Waals surface area contributed by atoms with Crippen molar-refractivity contribution in [1.29, 1.82) is 0 Å². The highest BCUT2D eigenvalue weighted by atomic mass is 14.2. The minimum Gasteiger partial charge on any atom is -0.0885 e. The zero-order valence-electron chi connectivity index (χ0n) is 16.1. The Hall–Kier alpha value is -2.08. The topological polar surface area (TPSA) is 0 Å². The van der Waals surface area contributed by atoms with Crippen LogP contribution in [-0.2, 0) is 0 Å². The van der Waals surface area contributed by atoms with Gasteiger partial charge in [-0.1, -0.05) is 68.8 Å². The molecule has 0 aliphatic rings. The van der Waals surface area contributed by atoms with Crippen LogP contribution in [0.5, 0.6) is 0 Å². The van der Waals surface area contributed by atoms with E-state index in [9.17, 15) is 0 Å². The summed E-state index contributed by atoms with van der Waals surface area (Å²) >= 11 is 0. The highest BCUT2D eigenvalue weighted by Gasteiger charge is 2.16. The third-order valence-corrected chi connectivity index (χ3v) is 5.48. The van der Waals surface area contributed by atoms with E-state index in [-0.39, 0.29) is 0 Å². The Bertz CT molecular complexity index is 899. The van der Waals surface area contributed by atoms with Crippen LogP contribution in [0.2, 0.25) is 0 Å². The molecular weight excluding hydrogens is 300 g/mol. The Balaban J connectivity index is 2.10. The predicted octanol–water partition coefficient (Wildman–Crippen LogP) is 7.85. The van der Waals surface area contributed by atoms with Crippen LogP contribution in [0.15, 0.2) is 54.6 Å². The molecule has 0 saturated heterocycles. The summed E-state index contributed by atoms with van der Waals surface area (Å²) in [4.78, 5) is 0. The maximum atomic E-state index is 2.40. The first-order valence-corrected chi connectivity index (χ1v) is 9.70. The van der Waals surface area contributed by atoms with Gasteiger partial charge < -0.3 is 0 Å². The summed E-state index contributed by atoms with van der Waals surface area (Å²) in [7, 11) is 0. The van der Waals surface area contributed by atoms with E-state index in [0.29, 0.717) is 5.92 Å². The Kier molecular flexibility index (Phi) is 5.58. The van der Waals surface area contributed by atoms with Crippen molar-refractivity contribution in [3.63, 3.8) is 0 Å². The zero-order valence-corrected chi connectivity index (χ0v) is 16.1. The van der Waals surface area contributed by atoms with Crippen molar-refractivity contribution in [3.8, 4) is 0 Å². The second kappa shape index (κ2) is 7.87. The summed E-state index contributed by atoms with van der Waals surface area (Å²) in [6, 6.07) is 15.8. The number of rotatable bonds is 6. The van der Waals surface area contributed by atoms with E-state index in [0.717, 1.165) is 6.42 Å². The van der Waals surface area contributed by atoms with E-state index in [1.165, 1.54) is 57.5 Å². The molecule has 0 fully saturated rings. The molecule has 0 N–H and O–H groups in total. The van der Waals surface area contributed by atoms with Gasteiger partial charge in [0.25, 0.3) is 0 Å². The number of allylic oxidation sites excluding steroid dienone is 2. The first kappa shape index (κ1) is 17.7. The quantitative estimate of drug-likeness (QED) is 0.319. The number of hydrogen-bond acceptors (Lipinski definition) is 0. The van der Waals surface area contributed by atoms with Crippen LogP contribution in [0.1, 0.15) is 62.1 Å². The van der Waals surface area contributed by atoms with Crippen molar-refractivity contribution >= 4 is 21.5 Å². The van der Waals surface area contributed by atoms with E-state index >= 15 is 0 Å². The second-order valence-corrected chi connectivity index (χ2v) is 7.36. The average molecular weight is 331 g/mol. The highest BCUT2D eigenvalue weighted by Crippen LogP contribution is 2.38. The molecule has 0 aliphatic heterocycles. The van der Waals surface area contributed by atoms with Crippen molar-refractivity contribution in [2.75, 3.05) is 0 Å². The van der Waals surface area contributed by atoms with Gasteiger partial charge in [0, 0.05) is 0 Å². The Labute approximate surface area is 152 Å². The number of hydrogen-bond donors (Lipinski definition) is 0. The highest BCUT2D eigenvalue weighted by molar-refractivity contribution is 6.04. The van der Waals surface area contributed by atoms with Crippen LogP contribution in [0.3, 0.4) is 0 Å². The van der Waals surface area contributed by atoms with Crippen LogP contribution in [0.25, 0.3) is 21.5 Å².